The first-order valence-corrected chi connectivity index (χ1v) is 8.44. The smallest absolute Gasteiger partial charge is 0.310 e. The summed E-state index contributed by atoms with van der Waals surface area (Å²) in [6, 6.07) is 8.88. The van der Waals surface area contributed by atoms with Gasteiger partial charge in [-0.25, -0.2) is 0 Å². The molecule has 6 heteroatoms. The second kappa shape index (κ2) is 6.98. The topological polar surface area (TPSA) is 59.7 Å². The number of carboxylic acid groups (broad SMARTS) is 1. The molecular weight excluding hydrogens is 363 g/mol. The van der Waals surface area contributed by atoms with E-state index in [-0.39, 0.29) is 0 Å². The third kappa shape index (κ3) is 3.46. The number of carboxylic acids is 1. The van der Waals surface area contributed by atoms with E-state index >= 15 is 0 Å². The molecule has 3 aromatic rings. The SMILES string of the molecule is Cc1c(OCc2ccc(Cl)cc2Cl)ccc2c(C(C)C(=O)O)coc12. The quantitative estimate of drug-likeness (QED) is 0.607. The molecule has 2 aromatic carbocycles. The Morgan fingerprint density at radius 2 is 2.04 bits per heavy atom. The first kappa shape index (κ1) is 17.6. The molecule has 1 heterocycles. The molecule has 0 aliphatic carbocycles. The molecule has 0 spiro atoms. The molecule has 1 N–H and O–H groups in total. The fourth-order valence-electron chi connectivity index (χ4n) is 2.66. The molecule has 0 saturated carbocycles. The second-order valence-corrected chi connectivity index (χ2v) is 6.68. The van der Waals surface area contributed by atoms with Gasteiger partial charge in [0.1, 0.15) is 17.9 Å². The average molecular weight is 379 g/mol. The van der Waals surface area contributed by atoms with Gasteiger partial charge in [-0.1, -0.05) is 29.3 Å². The Morgan fingerprint density at radius 3 is 2.72 bits per heavy atom. The summed E-state index contributed by atoms with van der Waals surface area (Å²) in [5.74, 6) is -0.874. The van der Waals surface area contributed by atoms with Crippen molar-refractivity contribution in [3.63, 3.8) is 0 Å². The highest BCUT2D eigenvalue weighted by molar-refractivity contribution is 6.35. The number of rotatable bonds is 5. The number of hydrogen-bond acceptors (Lipinski definition) is 3. The van der Waals surface area contributed by atoms with Crippen molar-refractivity contribution in [1.82, 2.24) is 0 Å². The van der Waals surface area contributed by atoms with Gasteiger partial charge in [-0.3, -0.25) is 4.79 Å². The van der Waals surface area contributed by atoms with Crippen LogP contribution < -0.4 is 4.74 Å². The zero-order valence-corrected chi connectivity index (χ0v) is 15.2. The Bertz CT molecular complexity index is 946. The summed E-state index contributed by atoms with van der Waals surface area (Å²) in [7, 11) is 0. The molecule has 1 unspecified atom stereocenters. The van der Waals surface area contributed by atoms with Crippen molar-refractivity contribution in [2.24, 2.45) is 0 Å². The van der Waals surface area contributed by atoms with Crippen LogP contribution in [0, 0.1) is 6.92 Å². The van der Waals surface area contributed by atoms with E-state index in [1.54, 1.807) is 19.1 Å². The highest BCUT2D eigenvalue weighted by Crippen LogP contribution is 2.34. The predicted octanol–water partition coefficient (Wildman–Crippen LogP) is 5.82. The lowest BCUT2D eigenvalue weighted by atomic mass is 9.99. The molecule has 130 valence electrons. The Balaban J connectivity index is 1.88. The maximum Gasteiger partial charge on any atom is 0.310 e. The fraction of sp³-hybridized carbons (Fsp3) is 0.211. The Kier molecular flexibility index (Phi) is 4.93. The number of hydrogen-bond donors (Lipinski definition) is 1. The van der Waals surface area contributed by atoms with E-state index in [2.05, 4.69) is 0 Å². The summed E-state index contributed by atoms with van der Waals surface area (Å²) in [4.78, 5) is 11.2. The normalized spacial score (nSPS) is 12.3. The first-order valence-electron chi connectivity index (χ1n) is 7.68. The molecule has 0 bridgehead atoms. The van der Waals surface area contributed by atoms with Crippen LogP contribution >= 0.6 is 23.2 Å². The minimum Gasteiger partial charge on any atom is -0.488 e. The van der Waals surface area contributed by atoms with Crippen LogP contribution in [0.5, 0.6) is 5.75 Å². The Labute approximate surface area is 154 Å². The molecule has 0 fully saturated rings. The molecule has 3 rings (SSSR count). The summed E-state index contributed by atoms with van der Waals surface area (Å²) in [5, 5.41) is 11.1. The zero-order valence-electron chi connectivity index (χ0n) is 13.7. The van der Waals surface area contributed by atoms with E-state index in [4.69, 9.17) is 32.4 Å². The van der Waals surface area contributed by atoms with Crippen LogP contribution in [0.2, 0.25) is 10.0 Å². The minimum absolute atomic E-state index is 0.293. The molecule has 25 heavy (non-hydrogen) atoms. The van der Waals surface area contributed by atoms with Gasteiger partial charge in [0.15, 0.2) is 0 Å². The summed E-state index contributed by atoms with van der Waals surface area (Å²) >= 11 is 12.1. The van der Waals surface area contributed by atoms with Gasteiger partial charge in [-0.15, -0.1) is 0 Å². The Hall–Kier alpha value is -2.17. The van der Waals surface area contributed by atoms with Crippen molar-refractivity contribution >= 4 is 40.1 Å². The first-order chi connectivity index (χ1) is 11.9. The molecule has 1 atom stereocenters. The molecule has 0 radical (unpaired) electrons. The Morgan fingerprint density at radius 1 is 1.28 bits per heavy atom. The number of halogens is 2. The molecular formula is C19H16Cl2O4. The van der Waals surface area contributed by atoms with Gasteiger partial charge in [0.25, 0.3) is 0 Å². The highest BCUT2D eigenvalue weighted by atomic mass is 35.5. The van der Waals surface area contributed by atoms with Crippen molar-refractivity contribution in [2.75, 3.05) is 0 Å². The third-order valence-electron chi connectivity index (χ3n) is 4.21. The zero-order chi connectivity index (χ0) is 18.1. The van der Waals surface area contributed by atoms with Gasteiger partial charge in [0, 0.05) is 32.1 Å². The monoisotopic (exact) mass is 378 g/mol. The summed E-state index contributed by atoms with van der Waals surface area (Å²) in [5.41, 5.74) is 2.91. The van der Waals surface area contributed by atoms with Crippen molar-refractivity contribution in [1.29, 1.82) is 0 Å². The van der Waals surface area contributed by atoms with Gasteiger partial charge in [-0.2, -0.15) is 0 Å². The molecule has 0 saturated heterocycles. The summed E-state index contributed by atoms with van der Waals surface area (Å²) < 4.78 is 11.5. The highest BCUT2D eigenvalue weighted by Gasteiger charge is 2.21. The molecule has 0 aliphatic heterocycles. The fourth-order valence-corrected chi connectivity index (χ4v) is 3.12. The number of furan rings is 1. The number of aliphatic carboxylic acids is 1. The van der Waals surface area contributed by atoms with Crippen LogP contribution in [-0.4, -0.2) is 11.1 Å². The number of ether oxygens (including phenoxy) is 1. The number of carbonyl (C=O) groups is 1. The molecule has 0 amide bonds. The lowest BCUT2D eigenvalue weighted by Crippen LogP contribution is -2.06. The minimum atomic E-state index is -0.891. The van der Waals surface area contributed by atoms with Crippen LogP contribution in [0.15, 0.2) is 41.0 Å². The van der Waals surface area contributed by atoms with Gasteiger partial charge >= 0.3 is 5.97 Å². The van der Waals surface area contributed by atoms with Gasteiger partial charge < -0.3 is 14.3 Å². The van der Waals surface area contributed by atoms with Gasteiger partial charge in [0.2, 0.25) is 0 Å². The van der Waals surface area contributed by atoms with Crippen LogP contribution in [0.25, 0.3) is 11.0 Å². The number of aryl methyl sites for hydroxylation is 1. The van der Waals surface area contributed by atoms with Crippen LogP contribution in [0.3, 0.4) is 0 Å². The number of fused-ring (bicyclic) bond motifs is 1. The lowest BCUT2D eigenvalue weighted by molar-refractivity contribution is -0.138. The maximum atomic E-state index is 11.2. The lowest BCUT2D eigenvalue weighted by Gasteiger charge is -2.11. The van der Waals surface area contributed by atoms with Crippen LogP contribution in [0.1, 0.15) is 29.5 Å². The standard InChI is InChI=1S/C19H16Cl2O4/c1-10(19(22)23)15-9-25-18-11(2)17(6-5-14(15)18)24-8-12-3-4-13(20)7-16(12)21/h3-7,9-10H,8H2,1-2H3,(H,22,23). The number of benzene rings is 2. The van der Waals surface area contributed by atoms with E-state index in [0.717, 1.165) is 16.5 Å². The van der Waals surface area contributed by atoms with Crippen molar-refractivity contribution in [3.8, 4) is 5.75 Å². The summed E-state index contributed by atoms with van der Waals surface area (Å²) in [6.45, 7) is 3.80. The van der Waals surface area contributed by atoms with Crippen LogP contribution in [0.4, 0.5) is 0 Å². The van der Waals surface area contributed by atoms with E-state index in [1.165, 1.54) is 6.26 Å². The molecule has 1 aromatic heterocycles. The average Bonchev–Trinajstić information content (AvgIpc) is 2.99. The van der Waals surface area contributed by atoms with E-state index in [9.17, 15) is 9.90 Å². The van der Waals surface area contributed by atoms with E-state index in [0.29, 0.717) is 33.5 Å². The second-order valence-electron chi connectivity index (χ2n) is 5.84. The van der Waals surface area contributed by atoms with E-state index < -0.39 is 11.9 Å². The summed E-state index contributed by atoms with van der Waals surface area (Å²) in [6.07, 6.45) is 1.50. The largest absolute Gasteiger partial charge is 0.488 e. The maximum absolute atomic E-state index is 11.2. The van der Waals surface area contributed by atoms with Gasteiger partial charge in [-0.05, 0) is 38.1 Å². The third-order valence-corrected chi connectivity index (χ3v) is 4.79. The predicted molar refractivity (Wildman–Crippen MR) is 97.8 cm³/mol. The van der Waals surface area contributed by atoms with Gasteiger partial charge in [0.05, 0.1) is 12.2 Å². The molecule has 0 aliphatic rings. The van der Waals surface area contributed by atoms with Crippen molar-refractivity contribution in [2.45, 2.75) is 26.4 Å². The van der Waals surface area contributed by atoms with E-state index in [1.807, 2.05) is 25.1 Å². The van der Waals surface area contributed by atoms with Crippen molar-refractivity contribution < 1.29 is 19.1 Å². The van der Waals surface area contributed by atoms with Crippen LogP contribution in [-0.2, 0) is 11.4 Å². The van der Waals surface area contributed by atoms with Crippen molar-refractivity contribution in [3.05, 3.63) is 63.3 Å². The molecule has 4 nitrogen and oxygen atoms in total.